The Balaban J connectivity index is 0.000000225. The fourth-order valence-corrected chi connectivity index (χ4v) is 1.94. The monoisotopic (exact) mass is 248 g/mol. The molecule has 100 valence electrons. The van der Waals surface area contributed by atoms with Crippen molar-refractivity contribution < 1.29 is 4.79 Å². The summed E-state index contributed by atoms with van der Waals surface area (Å²) in [5.41, 5.74) is 5.91. The lowest BCUT2D eigenvalue weighted by molar-refractivity contribution is 0.0955. The molecule has 0 unspecified atom stereocenters. The number of benzene rings is 1. The molecule has 1 fully saturated rings. The summed E-state index contributed by atoms with van der Waals surface area (Å²) in [7, 11) is 0. The van der Waals surface area contributed by atoms with Gasteiger partial charge in [-0.2, -0.15) is 0 Å². The zero-order valence-corrected chi connectivity index (χ0v) is 11.0. The maximum absolute atomic E-state index is 11.2. The van der Waals surface area contributed by atoms with Gasteiger partial charge in [0, 0.05) is 18.7 Å². The first kappa shape index (κ1) is 14.7. The summed E-state index contributed by atoms with van der Waals surface area (Å²) in [5.74, 6) is -0.0685. The van der Waals surface area contributed by atoms with Crippen molar-refractivity contribution in [2.24, 2.45) is 5.73 Å². The maximum Gasteiger partial charge on any atom is 0.251 e. The molecule has 0 radical (unpaired) electrons. The van der Waals surface area contributed by atoms with Crippen molar-refractivity contribution in [3.8, 4) is 0 Å². The number of nitrogens with two attached hydrogens (primary N) is 1. The van der Waals surface area contributed by atoms with Crippen LogP contribution in [-0.4, -0.2) is 19.0 Å². The molecule has 1 aromatic rings. The van der Waals surface area contributed by atoms with Crippen LogP contribution in [0.15, 0.2) is 30.3 Å². The van der Waals surface area contributed by atoms with Crippen LogP contribution in [0.4, 0.5) is 0 Å². The molecule has 1 aliphatic carbocycles. The lowest BCUT2D eigenvalue weighted by Crippen LogP contribution is -2.28. The van der Waals surface area contributed by atoms with E-state index in [0.717, 1.165) is 0 Å². The fraction of sp³-hybridized carbons (Fsp3) is 0.533. The SMILES string of the molecule is C1CCCCC1.NCCNC(=O)c1ccccc1. The third-order valence-corrected chi connectivity index (χ3v) is 2.97. The van der Waals surface area contributed by atoms with Gasteiger partial charge in [-0.15, -0.1) is 0 Å². The largest absolute Gasteiger partial charge is 0.351 e. The standard InChI is InChI=1S/C9H12N2O.C6H12/c10-6-7-11-9(12)8-4-2-1-3-5-8;1-2-4-6-5-3-1/h1-5H,6-7,10H2,(H,11,12);1-6H2. The summed E-state index contributed by atoms with van der Waals surface area (Å²) < 4.78 is 0. The van der Waals surface area contributed by atoms with Gasteiger partial charge in [-0.25, -0.2) is 0 Å². The van der Waals surface area contributed by atoms with E-state index in [4.69, 9.17) is 5.73 Å². The van der Waals surface area contributed by atoms with Crippen LogP contribution < -0.4 is 11.1 Å². The molecular weight excluding hydrogens is 224 g/mol. The molecule has 0 atom stereocenters. The summed E-state index contributed by atoms with van der Waals surface area (Å²) in [5, 5.41) is 2.68. The van der Waals surface area contributed by atoms with E-state index in [0.29, 0.717) is 18.7 Å². The van der Waals surface area contributed by atoms with Crippen molar-refractivity contribution in [2.75, 3.05) is 13.1 Å². The number of nitrogens with one attached hydrogen (secondary N) is 1. The van der Waals surface area contributed by atoms with E-state index in [9.17, 15) is 4.79 Å². The lowest BCUT2D eigenvalue weighted by atomic mass is 10.0. The van der Waals surface area contributed by atoms with Crippen molar-refractivity contribution >= 4 is 5.91 Å². The van der Waals surface area contributed by atoms with Crippen molar-refractivity contribution in [1.29, 1.82) is 0 Å². The van der Waals surface area contributed by atoms with E-state index in [1.54, 1.807) is 12.1 Å². The highest BCUT2D eigenvalue weighted by atomic mass is 16.1. The molecule has 1 amide bonds. The molecule has 2 rings (SSSR count). The molecule has 0 spiro atoms. The second kappa shape index (κ2) is 9.66. The van der Waals surface area contributed by atoms with Crippen LogP contribution in [0, 0.1) is 0 Å². The molecular formula is C15H24N2O. The maximum atomic E-state index is 11.2. The first-order chi connectivity index (χ1) is 8.84. The number of hydrogen-bond acceptors (Lipinski definition) is 2. The summed E-state index contributed by atoms with van der Waals surface area (Å²) >= 11 is 0. The second-order valence-electron chi connectivity index (χ2n) is 4.53. The molecule has 1 aliphatic rings. The van der Waals surface area contributed by atoms with Gasteiger partial charge in [0.2, 0.25) is 0 Å². The number of rotatable bonds is 3. The van der Waals surface area contributed by atoms with Crippen molar-refractivity contribution in [3.63, 3.8) is 0 Å². The first-order valence-corrected chi connectivity index (χ1v) is 6.88. The first-order valence-electron chi connectivity index (χ1n) is 6.88. The van der Waals surface area contributed by atoms with Gasteiger partial charge in [0.25, 0.3) is 5.91 Å². The Kier molecular flexibility index (Phi) is 7.89. The smallest absolute Gasteiger partial charge is 0.251 e. The molecule has 3 nitrogen and oxygen atoms in total. The molecule has 0 heterocycles. The minimum Gasteiger partial charge on any atom is -0.351 e. The number of amides is 1. The Hall–Kier alpha value is -1.35. The molecule has 1 saturated carbocycles. The minimum atomic E-state index is -0.0685. The average molecular weight is 248 g/mol. The van der Waals surface area contributed by atoms with Gasteiger partial charge in [0.15, 0.2) is 0 Å². The van der Waals surface area contributed by atoms with Gasteiger partial charge in [-0.05, 0) is 12.1 Å². The van der Waals surface area contributed by atoms with Crippen LogP contribution in [0.2, 0.25) is 0 Å². The van der Waals surface area contributed by atoms with Crippen molar-refractivity contribution in [1.82, 2.24) is 5.32 Å². The molecule has 3 N–H and O–H groups in total. The Morgan fingerprint density at radius 1 is 1.00 bits per heavy atom. The van der Waals surface area contributed by atoms with Crippen LogP contribution >= 0.6 is 0 Å². The number of carbonyl (C=O) groups excluding carboxylic acids is 1. The normalized spacial score (nSPS) is 14.3. The number of hydrogen-bond donors (Lipinski definition) is 2. The predicted molar refractivity (Wildman–Crippen MR) is 75.5 cm³/mol. The third kappa shape index (κ3) is 6.40. The minimum absolute atomic E-state index is 0.0685. The zero-order chi connectivity index (χ0) is 13.1. The Morgan fingerprint density at radius 2 is 1.50 bits per heavy atom. The van der Waals surface area contributed by atoms with Crippen LogP contribution in [0.1, 0.15) is 48.9 Å². The molecule has 1 aromatic carbocycles. The molecule has 3 heteroatoms. The van der Waals surface area contributed by atoms with Crippen LogP contribution in [0.5, 0.6) is 0 Å². The summed E-state index contributed by atoms with van der Waals surface area (Å²) in [6.07, 6.45) is 9.00. The Morgan fingerprint density at radius 3 is 1.94 bits per heavy atom. The summed E-state index contributed by atoms with van der Waals surface area (Å²) in [6, 6.07) is 9.08. The quantitative estimate of drug-likeness (QED) is 0.864. The highest BCUT2D eigenvalue weighted by Gasteiger charge is 2.00. The number of carbonyl (C=O) groups is 1. The molecule has 0 aromatic heterocycles. The van der Waals surface area contributed by atoms with Crippen LogP contribution in [-0.2, 0) is 0 Å². The summed E-state index contributed by atoms with van der Waals surface area (Å²) in [4.78, 5) is 11.2. The van der Waals surface area contributed by atoms with Gasteiger partial charge in [-0.1, -0.05) is 56.7 Å². The van der Waals surface area contributed by atoms with Crippen molar-refractivity contribution in [2.45, 2.75) is 38.5 Å². The van der Waals surface area contributed by atoms with E-state index in [1.165, 1.54) is 38.5 Å². The summed E-state index contributed by atoms with van der Waals surface area (Å²) in [6.45, 7) is 0.992. The topological polar surface area (TPSA) is 55.1 Å². The van der Waals surface area contributed by atoms with Gasteiger partial charge in [0.05, 0.1) is 0 Å². The zero-order valence-electron chi connectivity index (χ0n) is 11.0. The second-order valence-corrected chi connectivity index (χ2v) is 4.53. The Labute approximate surface area is 110 Å². The highest BCUT2D eigenvalue weighted by Crippen LogP contribution is 2.15. The molecule has 0 bridgehead atoms. The van der Waals surface area contributed by atoms with Gasteiger partial charge < -0.3 is 11.1 Å². The van der Waals surface area contributed by atoms with E-state index < -0.39 is 0 Å². The van der Waals surface area contributed by atoms with Crippen LogP contribution in [0.25, 0.3) is 0 Å². The van der Waals surface area contributed by atoms with E-state index >= 15 is 0 Å². The van der Waals surface area contributed by atoms with E-state index in [2.05, 4.69) is 5.32 Å². The fourth-order valence-electron chi connectivity index (χ4n) is 1.94. The third-order valence-electron chi connectivity index (χ3n) is 2.97. The van der Waals surface area contributed by atoms with Gasteiger partial charge in [-0.3, -0.25) is 4.79 Å². The van der Waals surface area contributed by atoms with Crippen LogP contribution in [0.3, 0.4) is 0 Å². The van der Waals surface area contributed by atoms with E-state index in [-0.39, 0.29) is 5.91 Å². The van der Waals surface area contributed by atoms with E-state index in [1.807, 2.05) is 18.2 Å². The predicted octanol–water partition coefficient (Wildman–Crippen LogP) is 2.72. The average Bonchev–Trinajstić information content (AvgIpc) is 2.48. The van der Waals surface area contributed by atoms with Gasteiger partial charge >= 0.3 is 0 Å². The molecule has 18 heavy (non-hydrogen) atoms. The molecule has 0 saturated heterocycles. The lowest BCUT2D eigenvalue weighted by Gasteiger charge is -2.05. The van der Waals surface area contributed by atoms with Gasteiger partial charge in [0.1, 0.15) is 0 Å². The molecule has 0 aliphatic heterocycles. The highest BCUT2D eigenvalue weighted by molar-refractivity contribution is 5.94. The van der Waals surface area contributed by atoms with Crippen molar-refractivity contribution in [3.05, 3.63) is 35.9 Å². The Bertz CT molecular complexity index is 309.